The highest BCUT2D eigenvalue weighted by Gasteiger charge is 2.39. The summed E-state index contributed by atoms with van der Waals surface area (Å²) in [6.45, 7) is 2.24. The van der Waals surface area contributed by atoms with Crippen LogP contribution < -0.4 is 4.90 Å². The van der Waals surface area contributed by atoms with Crippen molar-refractivity contribution >= 4 is 11.9 Å². The van der Waals surface area contributed by atoms with Gasteiger partial charge in [0, 0.05) is 25.5 Å². The van der Waals surface area contributed by atoms with Crippen molar-refractivity contribution in [2.75, 3.05) is 24.6 Å². The third-order valence-electron chi connectivity index (χ3n) is 4.96. The van der Waals surface area contributed by atoms with E-state index in [1.165, 1.54) is 31.2 Å². The van der Waals surface area contributed by atoms with Gasteiger partial charge in [-0.3, -0.25) is 4.98 Å². The number of carbonyl (C=O) groups is 1. The monoisotopic (exact) mass is 340 g/mol. The van der Waals surface area contributed by atoms with Crippen LogP contribution in [0.2, 0.25) is 0 Å². The van der Waals surface area contributed by atoms with E-state index in [1.54, 1.807) is 12.3 Å². The van der Waals surface area contributed by atoms with Gasteiger partial charge in [-0.15, -0.1) is 0 Å². The highest BCUT2D eigenvalue weighted by molar-refractivity contribution is 5.88. The van der Waals surface area contributed by atoms with Crippen LogP contribution in [0.25, 0.3) is 11.4 Å². The molecule has 0 atom stereocenters. The Morgan fingerprint density at radius 3 is 2.76 bits per heavy atom. The lowest BCUT2D eigenvalue weighted by molar-refractivity contribution is -0.0505. The number of carboxylic acid groups (broad SMARTS) is 1. The summed E-state index contributed by atoms with van der Waals surface area (Å²) < 4.78 is 6.06. The summed E-state index contributed by atoms with van der Waals surface area (Å²) in [5, 5.41) is 9.15. The number of morpholine rings is 1. The quantitative estimate of drug-likeness (QED) is 0.917. The number of nitrogens with zero attached hydrogens (tertiary/aromatic N) is 4. The molecule has 1 aliphatic carbocycles. The standard InChI is InChI=1S/C18H20N4O3/c23-16(24)13-3-7-19-15(11-13)14-4-8-20-17(21-14)22-9-10-25-18(12-22)5-1-2-6-18/h3-4,7-8,11H,1-2,5-6,9-10,12H2,(H,23,24). The summed E-state index contributed by atoms with van der Waals surface area (Å²) in [7, 11) is 0. The maximum atomic E-state index is 11.2. The second-order valence-corrected chi connectivity index (χ2v) is 6.64. The second-order valence-electron chi connectivity index (χ2n) is 6.64. The predicted octanol–water partition coefficient (Wildman–Crippen LogP) is 2.39. The third kappa shape index (κ3) is 3.19. The Morgan fingerprint density at radius 2 is 1.96 bits per heavy atom. The Labute approximate surface area is 145 Å². The fourth-order valence-electron chi connectivity index (χ4n) is 3.68. The normalized spacial score (nSPS) is 19.3. The summed E-state index contributed by atoms with van der Waals surface area (Å²) >= 11 is 0. The number of anilines is 1. The average Bonchev–Trinajstić information content (AvgIpc) is 3.09. The van der Waals surface area contributed by atoms with E-state index in [0.717, 1.165) is 25.9 Å². The number of pyridine rings is 1. The Kier molecular flexibility index (Phi) is 4.09. The van der Waals surface area contributed by atoms with Crippen LogP contribution in [-0.4, -0.2) is 51.3 Å². The van der Waals surface area contributed by atoms with Crippen LogP contribution in [0, 0.1) is 0 Å². The van der Waals surface area contributed by atoms with E-state index in [4.69, 9.17) is 9.84 Å². The molecule has 3 heterocycles. The Hall–Kier alpha value is -2.54. The Bertz CT molecular complexity index is 789. The first-order valence-corrected chi connectivity index (χ1v) is 8.57. The Morgan fingerprint density at radius 1 is 1.16 bits per heavy atom. The number of aromatic carboxylic acids is 1. The highest BCUT2D eigenvalue weighted by Crippen LogP contribution is 2.36. The molecule has 0 unspecified atom stereocenters. The van der Waals surface area contributed by atoms with Crippen molar-refractivity contribution < 1.29 is 14.6 Å². The van der Waals surface area contributed by atoms with E-state index in [2.05, 4.69) is 19.9 Å². The molecule has 25 heavy (non-hydrogen) atoms. The van der Waals surface area contributed by atoms with Crippen LogP contribution in [0.1, 0.15) is 36.0 Å². The molecule has 1 aliphatic heterocycles. The molecule has 7 nitrogen and oxygen atoms in total. The fourth-order valence-corrected chi connectivity index (χ4v) is 3.68. The van der Waals surface area contributed by atoms with Gasteiger partial charge < -0.3 is 14.7 Å². The van der Waals surface area contributed by atoms with Crippen LogP contribution >= 0.6 is 0 Å². The molecule has 2 aromatic heterocycles. The largest absolute Gasteiger partial charge is 0.478 e. The summed E-state index contributed by atoms with van der Waals surface area (Å²) in [6.07, 6.45) is 7.78. The van der Waals surface area contributed by atoms with Gasteiger partial charge in [-0.25, -0.2) is 14.8 Å². The zero-order valence-corrected chi connectivity index (χ0v) is 13.9. The molecule has 1 saturated heterocycles. The number of ether oxygens (including phenoxy) is 1. The first-order valence-electron chi connectivity index (χ1n) is 8.57. The zero-order chi connectivity index (χ0) is 17.3. The van der Waals surface area contributed by atoms with Crippen LogP contribution in [0.3, 0.4) is 0 Å². The molecular weight excluding hydrogens is 320 g/mol. The minimum atomic E-state index is -0.978. The van der Waals surface area contributed by atoms with Crippen LogP contribution in [0.5, 0.6) is 0 Å². The van der Waals surface area contributed by atoms with Crippen molar-refractivity contribution in [2.24, 2.45) is 0 Å². The molecular formula is C18H20N4O3. The molecule has 0 aromatic carbocycles. The minimum absolute atomic E-state index is 0.0565. The maximum Gasteiger partial charge on any atom is 0.335 e. The first kappa shape index (κ1) is 16.0. The predicted molar refractivity (Wildman–Crippen MR) is 91.6 cm³/mol. The van der Waals surface area contributed by atoms with E-state index >= 15 is 0 Å². The zero-order valence-electron chi connectivity index (χ0n) is 13.9. The van der Waals surface area contributed by atoms with E-state index in [9.17, 15) is 4.79 Å². The molecule has 1 spiro atoms. The van der Waals surface area contributed by atoms with Gasteiger partial charge >= 0.3 is 5.97 Å². The number of hydrogen-bond acceptors (Lipinski definition) is 6. The molecule has 130 valence electrons. The third-order valence-corrected chi connectivity index (χ3v) is 4.96. The van der Waals surface area contributed by atoms with E-state index in [-0.39, 0.29) is 11.2 Å². The Balaban J connectivity index is 1.61. The fraction of sp³-hybridized carbons (Fsp3) is 0.444. The van der Waals surface area contributed by atoms with Gasteiger partial charge in [0.05, 0.1) is 29.2 Å². The molecule has 7 heteroatoms. The summed E-state index contributed by atoms with van der Waals surface area (Å²) in [5.41, 5.74) is 1.30. The molecule has 0 radical (unpaired) electrons. The minimum Gasteiger partial charge on any atom is -0.478 e. The summed E-state index contributed by atoms with van der Waals surface area (Å²) in [6, 6.07) is 4.76. The van der Waals surface area contributed by atoms with E-state index in [0.29, 0.717) is 23.9 Å². The molecule has 2 aromatic rings. The number of hydrogen-bond donors (Lipinski definition) is 1. The molecule has 0 bridgehead atoms. The molecule has 4 rings (SSSR count). The first-order chi connectivity index (χ1) is 12.2. The van der Waals surface area contributed by atoms with Crippen molar-refractivity contribution in [1.29, 1.82) is 0 Å². The van der Waals surface area contributed by atoms with Gasteiger partial charge in [-0.2, -0.15) is 0 Å². The number of rotatable bonds is 3. The smallest absolute Gasteiger partial charge is 0.335 e. The lowest BCUT2D eigenvalue weighted by atomic mass is 10.00. The SMILES string of the molecule is O=C(O)c1ccnc(-c2ccnc(N3CCOC4(CCCC4)C3)n2)c1. The lowest BCUT2D eigenvalue weighted by Gasteiger charge is -2.40. The van der Waals surface area contributed by atoms with Gasteiger partial charge in [0.15, 0.2) is 0 Å². The summed E-state index contributed by atoms with van der Waals surface area (Å²) in [4.78, 5) is 26.6. The van der Waals surface area contributed by atoms with Gasteiger partial charge in [0.25, 0.3) is 0 Å². The van der Waals surface area contributed by atoms with E-state index < -0.39 is 5.97 Å². The number of aromatic nitrogens is 3. The van der Waals surface area contributed by atoms with Crippen molar-refractivity contribution in [2.45, 2.75) is 31.3 Å². The van der Waals surface area contributed by atoms with Crippen molar-refractivity contribution in [3.63, 3.8) is 0 Å². The molecule has 2 fully saturated rings. The lowest BCUT2D eigenvalue weighted by Crippen LogP contribution is -2.51. The van der Waals surface area contributed by atoms with Gasteiger partial charge in [-0.05, 0) is 31.0 Å². The van der Waals surface area contributed by atoms with Crippen molar-refractivity contribution in [3.8, 4) is 11.4 Å². The molecule has 1 saturated carbocycles. The van der Waals surface area contributed by atoms with Crippen molar-refractivity contribution in [1.82, 2.24) is 15.0 Å². The van der Waals surface area contributed by atoms with Crippen LogP contribution in [-0.2, 0) is 4.74 Å². The van der Waals surface area contributed by atoms with Crippen LogP contribution in [0.4, 0.5) is 5.95 Å². The van der Waals surface area contributed by atoms with Gasteiger partial charge in [0.2, 0.25) is 5.95 Å². The van der Waals surface area contributed by atoms with Gasteiger partial charge in [-0.1, -0.05) is 12.8 Å². The van der Waals surface area contributed by atoms with Crippen molar-refractivity contribution in [3.05, 3.63) is 36.2 Å². The molecule has 2 aliphatic rings. The second kappa shape index (κ2) is 6.40. The van der Waals surface area contributed by atoms with Gasteiger partial charge in [0.1, 0.15) is 0 Å². The van der Waals surface area contributed by atoms with E-state index in [1.807, 2.05) is 0 Å². The number of carboxylic acids is 1. The van der Waals surface area contributed by atoms with Crippen LogP contribution in [0.15, 0.2) is 30.6 Å². The summed E-state index contributed by atoms with van der Waals surface area (Å²) in [5.74, 6) is -0.330. The molecule has 1 N–H and O–H groups in total. The maximum absolute atomic E-state index is 11.2. The average molecular weight is 340 g/mol. The molecule has 0 amide bonds. The highest BCUT2D eigenvalue weighted by atomic mass is 16.5. The topological polar surface area (TPSA) is 88.4 Å².